The number of halogens is 2. The van der Waals surface area contributed by atoms with Gasteiger partial charge in [-0.05, 0) is 18.4 Å². The standard InChI is InChI=1S/C16H18F2N4O2S/c1-16(2,3)12-13(23)22(15(25-4)21-20-12)19-9-10-7-5-6-8-11(10)24-14(17)18/h5-9,14H,1-4H3/b19-9+. The Hall–Kier alpha value is -2.29. The number of alkyl halides is 2. The summed E-state index contributed by atoms with van der Waals surface area (Å²) < 4.78 is 30.5. The number of nitrogens with zero attached hydrogens (tertiary/aromatic N) is 4. The predicted molar refractivity (Wildman–Crippen MR) is 92.8 cm³/mol. The molecule has 0 amide bonds. The zero-order valence-electron chi connectivity index (χ0n) is 14.2. The van der Waals surface area contributed by atoms with Gasteiger partial charge in [0.2, 0.25) is 5.16 Å². The first-order chi connectivity index (χ1) is 11.7. The van der Waals surface area contributed by atoms with E-state index in [-0.39, 0.29) is 11.4 Å². The van der Waals surface area contributed by atoms with Crippen LogP contribution in [0, 0.1) is 0 Å². The molecule has 6 nitrogen and oxygen atoms in total. The normalized spacial score (nSPS) is 12.1. The third-order valence-corrected chi connectivity index (χ3v) is 3.77. The molecule has 1 aromatic heterocycles. The van der Waals surface area contributed by atoms with Crippen molar-refractivity contribution in [2.75, 3.05) is 6.26 Å². The Morgan fingerprint density at radius 3 is 2.56 bits per heavy atom. The van der Waals surface area contributed by atoms with Crippen LogP contribution in [0.3, 0.4) is 0 Å². The minimum atomic E-state index is -2.95. The molecular weight excluding hydrogens is 350 g/mol. The second kappa shape index (κ2) is 7.73. The van der Waals surface area contributed by atoms with Crippen molar-refractivity contribution < 1.29 is 13.5 Å². The van der Waals surface area contributed by atoms with Crippen LogP contribution in [0.5, 0.6) is 5.75 Å². The lowest BCUT2D eigenvalue weighted by atomic mass is 9.93. The number of thioether (sulfide) groups is 1. The smallest absolute Gasteiger partial charge is 0.387 e. The van der Waals surface area contributed by atoms with E-state index in [1.54, 1.807) is 24.5 Å². The molecule has 0 unspecified atom stereocenters. The van der Waals surface area contributed by atoms with E-state index >= 15 is 0 Å². The molecule has 134 valence electrons. The van der Waals surface area contributed by atoms with E-state index < -0.39 is 17.6 Å². The Labute approximate surface area is 147 Å². The molecule has 2 aromatic rings. The van der Waals surface area contributed by atoms with Crippen LogP contribution in [0.2, 0.25) is 0 Å². The number of ether oxygens (including phenoxy) is 1. The van der Waals surface area contributed by atoms with E-state index in [0.29, 0.717) is 10.7 Å². The molecule has 1 heterocycles. The molecule has 2 rings (SSSR count). The molecule has 0 radical (unpaired) electrons. The summed E-state index contributed by atoms with van der Waals surface area (Å²) in [6.45, 7) is 2.58. The van der Waals surface area contributed by atoms with Crippen LogP contribution in [0.1, 0.15) is 32.0 Å². The lowest BCUT2D eigenvalue weighted by molar-refractivity contribution is -0.0499. The van der Waals surface area contributed by atoms with Gasteiger partial charge in [-0.1, -0.05) is 44.7 Å². The van der Waals surface area contributed by atoms with Gasteiger partial charge in [-0.2, -0.15) is 18.6 Å². The average molecular weight is 368 g/mol. The van der Waals surface area contributed by atoms with Crippen LogP contribution in [0.15, 0.2) is 39.3 Å². The van der Waals surface area contributed by atoms with Gasteiger partial charge in [-0.25, -0.2) is 0 Å². The molecule has 0 aliphatic carbocycles. The van der Waals surface area contributed by atoms with Crippen LogP contribution in [0.4, 0.5) is 8.78 Å². The highest BCUT2D eigenvalue weighted by Gasteiger charge is 2.23. The van der Waals surface area contributed by atoms with E-state index in [4.69, 9.17) is 0 Å². The predicted octanol–water partition coefficient (Wildman–Crippen LogP) is 3.14. The molecule has 0 saturated carbocycles. The molecule has 9 heteroatoms. The molecule has 0 spiro atoms. The molecule has 0 aliphatic rings. The largest absolute Gasteiger partial charge is 0.434 e. The van der Waals surface area contributed by atoms with Crippen molar-refractivity contribution in [3.05, 3.63) is 45.9 Å². The van der Waals surface area contributed by atoms with Gasteiger partial charge in [-0.3, -0.25) is 4.79 Å². The molecule has 0 fully saturated rings. The highest BCUT2D eigenvalue weighted by Crippen LogP contribution is 2.20. The van der Waals surface area contributed by atoms with Crippen LogP contribution in [-0.4, -0.2) is 34.0 Å². The van der Waals surface area contributed by atoms with E-state index in [9.17, 15) is 13.6 Å². The van der Waals surface area contributed by atoms with Crippen LogP contribution in [-0.2, 0) is 5.41 Å². The van der Waals surface area contributed by atoms with Crippen molar-refractivity contribution in [2.24, 2.45) is 5.10 Å². The van der Waals surface area contributed by atoms with Gasteiger partial charge in [0.05, 0.1) is 6.21 Å². The number of rotatable bonds is 5. The highest BCUT2D eigenvalue weighted by molar-refractivity contribution is 7.98. The number of hydrogen-bond acceptors (Lipinski definition) is 6. The number of aromatic nitrogens is 3. The Balaban J connectivity index is 2.50. The quantitative estimate of drug-likeness (QED) is 0.599. The maximum atomic E-state index is 12.7. The summed E-state index contributed by atoms with van der Waals surface area (Å²) >= 11 is 1.20. The monoisotopic (exact) mass is 368 g/mol. The Bertz CT molecular complexity index is 832. The Morgan fingerprint density at radius 1 is 1.28 bits per heavy atom. The van der Waals surface area contributed by atoms with Crippen LogP contribution < -0.4 is 10.3 Å². The van der Waals surface area contributed by atoms with Crippen LogP contribution in [0.25, 0.3) is 0 Å². The summed E-state index contributed by atoms with van der Waals surface area (Å²) in [7, 11) is 0. The van der Waals surface area contributed by atoms with Crippen molar-refractivity contribution in [3.63, 3.8) is 0 Å². The SMILES string of the molecule is CSc1nnc(C(C)(C)C)c(=O)n1/N=C/c1ccccc1OC(F)F. The van der Waals surface area contributed by atoms with Gasteiger partial charge in [-0.15, -0.1) is 10.2 Å². The Morgan fingerprint density at radius 2 is 1.96 bits per heavy atom. The number of para-hydroxylation sites is 1. The number of benzene rings is 1. The molecule has 0 bridgehead atoms. The van der Waals surface area contributed by atoms with Crippen molar-refractivity contribution in [1.82, 2.24) is 14.9 Å². The molecule has 0 N–H and O–H groups in total. The van der Waals surface area contributed by atoms with Gasteiger partial charge >= 0.3 is 6.61 Å². The zero-order chi connectivity index (χ0) is 18.6. The van der Waals surface area contributed by atoms with Crippen molar-refractivity contribution in [1.29, 1.82) is 0 Å². The van der Waals surface area contributed by atoms with Crippen molar-refractivity contribution in [2.45, 2.75) is 38.0 Å². The molecule has 25 heavy (non-hydrogen) atoms. The zero-order valence-corrected chi connectivity index (χ0v) is 15.1. The van der Waals surface area contributed by atoms with Crippen molar-refractivity contribution >= 4 is 18.0 Å². The second-order valence-corrected chi connectivity index (χ2v) is 6.84. The third kappa shape index (κ3) is 4.62. The van der Waals surface area contributed by atoms with E-state index in [1.807, 2.05) is 20.8 Å². The fourth-order valence-electron chi connectivity index (χ4n) is 1.98. The van der Waals surface area contributed by atoms with Gasteiger partial charge in [0.1, 0.15) is 11.4 Å². The maximum Gasteiger partial charge on any atom is 0.387 e. The van der Waals surface area contributed by atoms with Gasteiger partial charge in [0, 0.05) is 11.0 Å². The third-order valence-electron chi connectivity index (χ3n) is 3.15. The molecular formula is C16H18F2N4O2S. The first-order valence-corrected chi connectivity index (χ1v) is 8.59. The fraction of sp³-hybridized carbons (Fsp3) is 0.375. The molecule has 0 atom stereocenters. The van der Waals surface area contributed by atoms with E-state index in [1.165, 1.54) is 24.0 Å². The maximum absolute atomic E-state index is 12.7. The minimum absolute atomic E-state index is 0.0296. The number of hydrogen-bond donors (Lipinski definition) is 0. The van der Waals surface area contributed by atoms with Gasteiger partial charge in [0.25, 0.3) is 5.56 Å². The second-order valence-electron chi connectivity index (χ2n) is 6.06. The van der Waals surface area contributed by atoms with Gasteiger partial charge in [0.15, 0.2) is 0 Å². The molecule has 0 aliphatic heterocycles. The highest BCUT2D eigenvalue weighted by atomic mass is 32.2. The fourth-order valence-corrected chi connectivity index (χ4v) is 2.40. The first kappa shape index (κ1) is 19.0. The first-order valence-electron chi connectivity index (χ1n) is 7.36. The van der Waals surface area contributed by atoms with Crippen LogP contribution >= 0.6 is 11.8 Å². The molecule has 1 aromatic carbocycles. The lowest BCUT2D eigenvalue weighted by Crippen LogP contribution is -2.32. The van der Waals surface area contributed by atoms with E-state index in [2.05, 4.69) is 20.0 Å². The summed E-state index contributed by atoms with van der Waals surface area (Å²) in [5, 5.41) is 12.4. The summed E-state index contributed by atoms with van der Waals surface area (Å²) in [5.41, 5.74) is -0.333. The summed E-state index contributed by atoms with van der Waals surface area (Å²) in [4.78, 5) is 12.7. The Kier molecular flexibility index (Phi) is 5.89. The minimum Gasteiger partial charge on any atom is -0.434 e. The summed E-state index contributed by atoms with van der Waals surface area (Å²) in [5.74, 6) is -0.0296. The average Bonchev–Trinajstić information content (AvgIpc) is 2.53. The lowest BCUT2D eigenvalue weighted by Gasteiger charge is -2.16. The topological polar surface area (TPSA) is 69.4 Å². The van der Waals surface area contributed by atoms with Gasteiger partial charge < -0.3 is 4.74 Å². The summed E-state index contributed by atoms with van der Waals surface area (Å²) in [6.07, 6.45) is 3.02. The van der Waals surface area contributed by atoms with Crippen molar-refractivity contribution in [3.8, 4) is 5.75 Å². The summed E-state index contributed by atoms with van der Waals surface area (Å²) in [6, 6.07) is 6.19. The molecule has 0 saturated heterocycles. The van der Waals surface area contributed by atoms with E-state index in [0.717, 1.165) is 4.68 Å².